The molecule has 1 aromatic heterocycles. The molecule has 1 fully saturated rings. The number of hydrogen-bond donors (Lipinski definition) is 3. The SMILES string of the molecule is O=c1ccn([C@@H]2O[C@H](CO)CC2O)c(=O)[nH]1. The highest BCUT2D eigenvalue weighted by Gasteiger charge is 2.35. The van der Waals surface area contributed by atoms with Crippen molar-refractivity contribution in [3.05, 3.63) is 33.1 Å². The van der Waals surface area contributed by atoms with Crippen LogP contribution in [0.2, 0.25) is 0 Å². The quantitative estimate of drug-likeness (QED) is 0.552. The lowest BCUT2D eigenvalue weighted by Gasteiger charge is -2.16. The van der Waals surface area contributed by atoms with Crippen molar-refractivity contribution >= 4 is 0 Å². The standard InChI is InChI=1S/C9H12N2O5/c12-4-5-3-6(13)8(16-5)11-2-1-7(14)10-9(11)15/h1-2,5-6,8,12-13H,3-4H2,(H,10,14,15)/t5-,6?,8+/m0/s1. The number of ether oxygens (including phenoxy) is 1. The molecule has 0 saturated carbocycles. The van der Waals surface area contributed by atoms with Crippen molar-refractivity contribution in [2.24, 2.45) is 0 Å². The zero-order valence-electron chi connectivity index (χ0n) is 8.37. The minimum atomic E-state index is -0.874. The van der Waals surface area contributed by atoms with Gasteiger partial charge in [-0.1, -0.05) is 0 Å². The van der Waals surface area contributed by atoms with E-state index < -0.39 is 29.7 Å². The van der Waals surface area contributed by atoms with Gasteiger partial charge in [-0.05, 0) is 0 Å². The van der Waals surface area contributed by atoms with Gasteiger partial charge in [-0.25, -0.2) is 4.79 Å². The van der Waals surface area contributed by atoms with Gasteiger partial charge in [-0.3, -0.25) is 14.3 Å². The van der Waals surface area contributed by atoms with Crippen LogP contribution in [-0.4, -0.2) is 38.6 Å². The van der Waals surface area contributed by atoms with Crippen molar-refractivity contribution in [3.8, 4) is 0 Å². The van der Waals surface area contributed by atoms with Crippen molar-refractivity contribution in [2.45, 2.75) is 24.9 Å². The van der Waals surface area contributed by atoms with E-state index in [9.17, 15) is 14.7 Å². The molecule has 2 rings (SSSR count). The molecule has 0 amide bonds. The van der Waals surface area contributed by atoms with Crippen LogP contribution in [0.1, 0.15) is 12.6 Å². The third kappa shape index (κ3) is 1.92. The van der Waals surface area contributed by atoms with Crippen LogP contribution >= 0.6 is 0 Å². The fraction of sp³-hybridized carbons (Fsp3) is 0.556. The van der Waals surface area contributed by atoms with Gasteiger partial charge in [0.05, 0.1) is 12.7 Å². The molecular weight excluding hydrogens is 216 g/mol. The van der Waals surface area contributed by atoms with Crippen LogP contribution < -0.4 is 11.2 Å². The monoisotopic (exact) mass is 228 g/mol. The van der Waals surface area contributed by atoms with Crippen LogP contribution in [-0.2, 0) is 4.74 Å². The zero-order valence-corrected chi connectivity index (χ0v) is 8.37. The van der Waals surface area contributed by atoms with E-state index in [2.05, 4.69) is 4.98 Å². The number of H-pyrrole nitrogens is 1. The maximum absolute atomic E-state index is 11.4. The summed E-state index contributed by atoms with van der Waals surface area (Å²) in [5.41, 5.74) is -1.15. The smallest absolute Gasteiger partial charge is 0.330 e. The minimum Gasteiger partial charge on any atom is -0.394 e. The number of nitrogens with one attached hydrogen (secondary N) is 1. The highest BCUT2D eigenvalue weighted by molar-refractivity contribution is 4.88. The fourth-order valence-corrected chi connectivity index (χ4v) is 1.73. The summed E-state index contributed by atoms with van der Waals surface area (Å²) in [6, 6.07) is 1.17. The van der Waals surface area contributed by atoms with E-state index in [4.69, 9.17) is 9.84 Å². The molecule has 3 N–H and O–H groups in total. The van der Waals surface area contributed by atoms with Crippen LogP contribution in [0.4, 0.5) is 0 Å². The lowest BCUT2D eigenvalue weighted by Crippen LogP contribution is -2.34. The summed E-state index contributed by atoms with van der Waals surface area (Å²) in [4.78, 5) is 24.3. The number of aromatic nitrogens is 2. The first-order valence-corrected chi connectivity index (χ1v) is 4.87. The molecule has 7 heteroatoms. The van der Waals surface area contributed by atoms with Crippen molar-refractivity contribution in [3.63, 3.8) is 0 Å². The second-order valence-electron chi connectivity index (χ2n) is 3.65. The Bertz CT molecular complexity index is 479. The fourth-order valence-electron chi connectivity index (χ4n) is 1.73. The highest BCUT2D eigenvalue weighted by atomic mass is 16.5. The van der Waals surface area contributed by atoms with Crippen molar-refractivity contribution in [1.29, 1.82) is 0 Å². The number of hydrogen-bond acceptors (Lipinski definition) is 5. The van der Waals surface area contributed by atoms with Crippen LogP contribution in [0.15, 0.2) is 21.9 Å². The Morgan fingerprint density at radius 3 is 2.88 bits per heavy atom. The van der Waals surface area contributed by atoms with Gasteiger partial charge in [-0.15, -0.1) is 0 Å². The molecule has 88 valence electrons. The lowest BCUT2D eigenvalue weighted by molar-refractivity contribution is -0.0530. The molecule has 1 aromatic rings. The molecule has 2 heterocycles. The number of aromatic amines is 1. The largest absolute Gasteiger partial charge is 0.394 e. The summed E-state index contributed by atoms with van der Waals surface area (Å²) in [6.45, 7) is -0.217. The van der Waals surface area contributed by atoms with Gasteiger partial charge in [0.2, 0.25) is 0 Å². The Morgan fingerprint density at radius 2 is 2.31 bits per heavy atom. The number of aliphatic hydroxyl groups excluding tert-OH is 2. The number of nitrogens with zero attached hydrogens (tertiary/aromatic N) is 1. The van der Waals surface area contributed by atoms with Crippen molar-refractivity contribution < 1.29 is 14.9 Å². The Hall–Kier alpha value is -1.44. The summed E-state index contributed by atoms with van der Waals surface area (Å²) in [5.74, 6) is 0. The maximum Gasteiger partial charge on any atom is 0.330 e. The molecule has 0 radical (unpaired) electrons. The Labute approximate surface area is 89.9 Å². The summed E-state index contributed by atoms with van der Waals surface area (Å²) < 4.78 is 6.37. The second kappa shape index (κ2) is 4.20. The molecule has 0 bridgehead atoms. The van der Waals surface area contributed by atoms with E-state index in [1.54, 1.807) is 0 Å². The Kier molecular flexibility index (Phi) is 2.90. The van der Waals surface area contributed by atoms with Crippen molar-refractivity contribution in [1.82, 2.24) is 9.55 Å². The average molecular weight is 228 g/mol. The first-order valence-electron chi connectivity index (χ1n) is 4.87. The average Bonchev–Trinajstić information content (AvgIpc) is 2.60. The van der Waals surface area contributed by atoms with Crippen LogP contribution in [0.3, 0.4) is 0 Å². The molecule has 7 nitrogen and oxygen atoms in total. The first-order chi connectivity index (χ1) is 7.61. The van der Waals surface area contributed by atoms with Crippen molar-refractivity contribution in [2.75, 3.05) is 6.61 Å². The summed E-state index contributed by atoms with van der Waals surface area (Å²) in [5, 5.41) is 18.5. The molecule has 0 aliphatic carbocycles. The molecule has 0 spiro atoms. The number of aliphatic hydroxyl groups is 2. The molecule has 1 aliphatic heterocycles. The molecule has 1 aliphatic rings. The van der Waals surface area contributed by atoms with E-state index in [1.165, 1.54) is 12.3 Å². The minimum absolute atomic E-state index is 0.217. The van der Waals surface area contributed by atoms with E-state index in [-0.39, 0.29) is 13.0 Å². The predicted molar refractivity (Wildman–Crippen MR) is 52.9 cm³/mol. The molecule has 1 saturated heterocycles. The van der Waals surface area contributed by atoms with E-state index in [0.29, 0.717) is 0 Å². The van der Waals surface area contributed by atoms with Gasteiger partial charge in [0.25, 0.3) is 5.56 Å². The number of rotatable bonds is 2. The Morgan fingerprint density at radius 1 is 1.56 bits per heavy atom. The van der Waals surface area contributed by atoms with E-state index in [0.717, 1.165) is 4.57 Å². The van der Waals surface area contributed by atoms with Crippen LogP contribution in [0.25, 0.3) is 0 Å². The molecular formula is C9H12N2O5. The zero-order chi connectivity index (χ0) is 11.7. The van der Waals surface area contributed by atoms with E-state index in [1.807, 2.05) is 0 Å². The predicted octanol–water partition coefficient (Wildman–Crippen LogP) is -1.82. The summed E-state index contributed by atoms with van der Waals surface area (Å²) in [7, 11) is 0. The third-order valence-electron chi connectivity index (χ3n) is 2.49. The molecule has 1 unspecified atom stereocenters. The topological polar surface area (TPSA) is 105 Å². The van der Waals surface area contributed by atoms with Crippen LogP contribution in [0.5, 0.6) is 0 Å². The first kappa shape index (κ1) is 11.1. The third-order valence-corrected chi connectivity index (χ3v) is 2.49. The van der Waals surface area contributed by atoms with Gasteiger partial charge in [0.15, 0.2) is 6.23 Å². The Balaban J connectivity index is 2.31. The van der Waals surface area contributed by atoms with Gasteiger partial charge in [0, 0.05) is 18.7 Å². The summed E-state index contributed by atoms with van der Waals surface area (Å²) in [6.07, 6.45) is -0.706. The van der Waals surface area contributed by atoms with Gasteiger partial charge in [0.1, 0.15) is 6.10 Å². The summed E-state index contributed by atoms with van der Waals surface area (Å²) >= 11 is 0. The highest BCUT2D eigenvalue weighted by Crippen LogP contribution is 2.26. The second-order valence-corrected chi connectivity index (χ2v) is 3.65. The molecule has 0 aromatic carbocycles. The molecule has 3 atom stereocenters. The molecule has 16 heavy (non-hydrogen) atoms. The normalized spacial score (nSPS) is 29.5. The van der Waals surface area contributed by atoms with E-state index >= 15 is 0 Å². The van der Waals surface area contributed by atoms with Gasteiger partial charge >= 0.3 is 5.69 Å². The lowest BCUT2D eigenvalue weighted by atomic mass is 10.2. The van der Waals surface area contributed by atoms with Gasteiger partial charge in [-0.2, -0.15) is 0 Å². The maximum atomic E-state index is 11.4. The van der Waals surface area contributed by atoms with Crippen LogP contribution in [0, 0.1) is 0 Å². The van der Waals surface area contributed by atoms with Gasteiger partial charge < -0.3 is 14.9 Å².